The Morgan fingerprint density at radius 3 is 2.64 bits per heavy atom. The van der Waals surface area contributed by atoms with Gasteiger partial charge in [0.2, 0.25) is 0 Å². The number of furan rings is 1. The molecule has 9 heteroatoms. The van der Waals surface area contributed by atoms with Gasteiger partial charge in [-0.3, -0.25) is 9.36 Å². The average molecular weight is 509 g/mol. The molecule has 0 amide bonds. The number of rotatable bonds is 9. The predicted octanol–water partition coefficient (Wildman–Crippen LogP) is 3.66. The van der Waals surface area contributed by atoms with Gasteiger partial charge < -0.3 is 18.6 Å². The van der Waals surface area contributed by atoms with Gasteiger partial charge in [0, 0.05) is 6.08 Å². The number of thiazole rings is 1. The van der Waals surface area contributed by atoms with Crippen LogP contribution in [0.15, 0.2) is 68.5 Å². The molecule has 0 saturated heterocycles. The van der Waals surface area contributed by atoms with Crippen molar-refractivity contribution in [2.75, 3.05) is 19.8 Å². The summed E-state index contributed by atoms with van der Waals surface area (Å²) >= 11 is 1.24. The topological polar surface area (TPSA) is 92.3 Å². The quantitative estimate of drug-likeness (QED) is 0.324. The zero-order valence-electron chi connectivity index (χ0n) is 20.7. The van der Waals surface area contributed by atoms with Crippen LogP contribution in [0.4, 0.5) is 0 Å². The van der Waals surface area contributed by atoms with Crippen LogP contribution in [-0.4, -0.2) is 30.4 Å². The summed E-state index contributed by atoms with van der Waals surface area (Å²) in [6, 6.07) is 8.25. The molecule has 3 heterocycles. The Morgan fingerprint density at radius 1 is 1.17 bits per heavy atom. The Kier molecular flexibility index (Phi) is 7.59. The molecule has 0 aliphatic carbocycles. The van der Waals surface area contributed by atoms with Crippen LogP contribution in [0.2, 0.25) is 0 Å². The molecule has 1 aliphatic rings. The SMILES string of the molecule is C=CCOc1ccc([C@@H]2C(C(=O)OCC)=C(C)N=c3s/c(=C/c4ccc(C)o4)c(=O)n32)cc1OCC. The molecule has 2 aromatic heterocycles. The van der Waals surface area contributed by atoms with E-state index in [-0.39, 0.29) is 12.2 Å². The largest absolute Gasteiger partial charge is 0.490 e. The van der Waals surface area contributed by atoms with Crippen LogP contribution in [-0.2, 0) is 9.53 Å². The third-order valence-corrected chi connectivity index (χ3v) is 6.47. The molecule has 4 rings (SSSR count). The number of carbonyl (C=O) groups excluding carboxylic acids is 1. The number of ether oxygens (including phenoxy) is 3. The molecule has 1 aliphatic heterocycles. The van der Waals surface area contributed by atoms with Gasteiger partial charge in [-0.1, -0.05) is 30.1 Å². The Bertz CT molecular complexity index is 1510. The summed E-state index contributed by atoms with van der Waals surface area (Å²) in [7, 11) is 0. The number of benzene rings is 1. The third-order valence-electron chi connectivity index (χ3n) is 5.49. The van der Waals surface area contributed by atoms with Crippen molar-refractivity contribution >= 4 is 23.4 Å². The molecular weight excluding hydrogens is 480 g/mol. The van der Waals surface area contributed by atoms with Crippen molar-refractivity contribution in [3.8, 4) is 11.5 Å². The maximum atomic E-state index is 13.7. The number of carbonyl (C=O) groups is 1. The molecule has 0 N–H and O–H groups in total. The van der Waals surface area contributed by atoms with E-state index < -0.39 is 12.0 Å². The lowest BCUT2D eigenvalue weighted by molar-refractivity contribution is -0.139. The lowest BCUT2D eigenvalue weighted by atomic mass is 9.95. The molecule has 188 valence electrons. The van der Waals surface area contributed by atoms with Gasteiger partial charge in [0.25, 0.3) is 5.56 Å². The fraction of sp³-hybridized carbons (Fsp3) is 0.296. The Hall–Kier alpha value is -3.85. The van der Waals surface area contributed by atoms with E-state index in [0.717, 1.165) is 5.76 Å². The van der Waals surface area contributed by atoms with Crippen molar-refractivity contribution in [1.29, 1.82) is 0 Å². The van der Waals surface area contributed by atoms with Crippen LogP contribution in [0.25, 0.3) is 6.08 Å². The molecule has 0 unspecified atom stereocenters. The van der Waals surface area contributed by atoms with Crippen molar-refractivity contribution < 1.29 is 23.4 Å². The fourth-order valence-corrected chi connectivity index (χ4v) is 5.02. The van der Waals surface area contributed by atoms with Crippen LogP contribution < -0.4 is 24.4 Å². The minimum absolute atomic E-state index is 0.198. The average Bonchev–Trinajstić information content (AvgIpc) is 3.39. The molecule has 0 radical (unpaired) electrons. The zero-order valence-corrected chi connectivity index (χ0v) is 21.5. The number of hydrogen-bond acceptors (Lipinski definition) is 8. The van der Waals surface area contributed by atoms with Crippen LogP contribution in [0.5, 0.6) is 11.5 Å². The van der Waals surface area contributed by atoms with Crippen LogP contribution in [0.1, 0.15) is 43.9 Å². The maximum Gasteiger partial charge on any atom is 0.338 e. The third kappa shape index (κ3) is 4.92. The first kappa shape index (κ1) is 25.2. The Balaban J connectivity index is 1.93. The molecule has 0 spiro atoms. The van der Waals surface area contributed by atoms with Gasteiger partial charge in [0.15, 0.2) is 16.3 Å². The van der Waals surface area contributed by atoms with E-state index in [1.165, 1.54) is 15.9 Å². The smallest absolute Gasteiger partial charge is 0.338 e. The molecule has 0 saturated carbocycles. The van der Waals surface area contributed by atoms with Gasteiger partial charge in [-0.15, -0.1) is 0 Å². The van der Waals surface area contributed by atoms with Crippen molar-refractivity contribution in [2.24, 2.45) is 4.99 Å². The minimum Gasteiger partial charge on any atom is -0.490 e. The summed E-state index contributed by atoms with van der Waals surface area (Å²) in [4.78, 5) is 31.8. The normalized spacial score (nSPS) is 15.3. The van der Waals surface area contributed by atoms with Gasteiger partial charge in [0.05, 0.1) is 35.1 Å². The van der Waals surface area contributed by atoms with Gasteiger partial charge in [0.1, 0.15) is 18.1 Å². The minimum atomic E-state index is -0.756. The second-order valence-corrected chi connectivity index (χ2v) is 9.00. The fourth-order valence-electron chi connectivity index (χ4n) is 4.00. The summed E-state index contributed by atoms with van der Waals surface area (Å²) < 4.78 is 24.5. The van der Waals surface area contributed by atoms with Crippen molar-refractivity contribution in [1.82, 2.24) is 4.57 Å². The van der Waals surface area contributed by atoms with Crippen LogP contribution in [0, 0.1) is 6.92 Å². The summed E-state index contributed by atoms with van der Waals surface area (Å²) in [6.45, 7) is 11.8. The summed E-state index contributed by atoms with van der Waals surface area (Å²) in [5, 5.41) is 0. The summed E-state index contributed by atoms with van der Waals surface area (Å²) in [5.74, 6) is 1.83. The second kappa shape index (κ2) is 10.8. The highest BCUT2D eigenvalue weighted by Crippen LogP contribution is 2.36. The summed E-state index contributed by atoms with van der Waals surface area (Å²) in [5.41, 5.74) is 1.18. The Morgan fingerprint density at radius 2 is 1.97 bits per heavy atom. The van der Waals surface area contributed by atoms with E-state index in [1.54, 1.807) is 44.2 Å². The van der Waals surface area contributed by atoms with E-state index in [2.05, 4.69) is 11.6 Å². The number of hydrogen-bond donors (Lipinski definition) is 0. The zero-order chi connectivity index (χ0) is 25.8. The van der Waals surface area contributed by atoms with E-state index in [9.17, 15) is 9.59 Å². The Labute approximate surface area is 212 Å². The summed E-state index contributed by atoms with van der Waals surface area (Å²) in [6.07, 6.45) is 3.34. The van der Waals surface area contributed by atoms with Gasteiger partial charge >= 0.3 is 5.97 Å². The van der Waals surface area contributed by atoms with E-state index in [4.69, 9.17) is 18.6 Å². The first-order valence-electron chi connectivity index (χ1n) is 11.6. The van der Waals surface area contributed by atoms with E-state index in [0.29, 0.717) is 56.6 Å². The van der Waals surface area contributed by atoms with Crippen molar-refractivity contribution in [2.45, 2.75) is 33.7 Å². The number of aromatic nitrogens is 1. The lowest BCUT2D eigenvalue weighted by Crippen LogP contribution is -2.40. The second-order valence-electron chi connectivity index (χ2n) is 7.99. The molecule has 0 bridgehead atoms. The number of nitrogens with zero attached hydrogens (tertiary/aromatic N) is 2. The van der Waals surface area contributed by atoms with Crippen LogP contribution in [0.3, 0.4) is 0 Å². The van der Waals surface area contributed by atoms with Crippen molar-refractivity contribution in [3.05, 3.63) is 91.0 Å². The highest BCUT2D eigenvalue weighted by Gasteiger charge is 2.34. The standard InChI is InChI=1S/C27H28N2O6S/c1-6-13-34-20-12-10-18(14-21(20)32-7-2)24-23(26(31)33-8-3)17(5)28-27-29(24)25(30)22(36-27)15-19-11-9-16(4)35-19/h6,9-12,14-15,24H,1,7-8,13H2,2-5H3/b22-15+/t24-/m1/s1. The molecule has 0 fully saturated rings. The molecule has 8 nitrogen and oxygen atoms in total. The number of esters is 1. The number of aryl methyl sites for hydroxylation is 1. The molecular formula is C27H28N2O6S. The highest BCUT2D eigenvalue weighted by molar-refractivity contribution is 7.07. The molecule has 36 heavy (non-hydrogen) atoms. The van der Waals surface area contributed by atoms with Crippen molar-refractivity contribution in [3.63, 3.8) is 0 Å². The van der Waals surface area contributed by atoms with Gasteiger partial charge in [-0.05, 0) is 57.5 Å². The first-order chi connectivity index (χ1) is 17.4. The van der Waals surface area contributed by atoms with E-state index >= 15 is 0 Å². The maximum absolute atomic E-state index is 13.7. The number of fused-ring (bicyclic) bond motifs is 1. The molecule has 1 atom stereocenters. The van der Waals surface area contributed by atoms with Gasteiger partial charge in [-0.2, -0.15) is 0 Å². The first-order valence-corrected chi connectivity index (χ1v) is 12.5. The van der Waals surface area contributed by atoms with E-state index in [1.807, 2.05) is 26.0 Å². The number of allylic oxidation sites excluding steroid dienone is 1. The monoisotopic (exact) mass is 508 g/mol. The predicted molar refractivity (Wildman–Crippen MR) is 137 cm³/mol. The lowest BCUT2D eigenvalue weighted by Gasteiger charge is -2.25. The van der Waals surface area contributed by atoms with Crippen LogP contribution >= 0.6 is 11.3 Å². The van der Waals surface area contributed by atoms with Gasteiger partial charge in [-0.25, -0.2) is 9.79 Å². The molecule has 3 aromatic rings. The highest BCUT2D eigenvalue weighted by atomic mass is 32.1. The molecule has 1 aromatic carbocycles.